The second-order valence-corrected chi connectivity index (χ2v) is 7.15. The van der Waals surface area contributed by atoms with E-state index in [1.54, 1.807) is 0 Å². The molecule has 1 aromatic rings. The van der Waals surface area contributed by atoms with Crippen LogP contribution in [0.4, 0.5) is 0 Å². The van der Waals surface area contributed by atoms with E-state index < -0.39 is 0 Å². The van der Waals surface area contributed by atoms with Crippen LogP contribution in [0.25, 0.3) is 0 Å². The lowest BCUT2D eigenvalue weighted by molar-refractivity contribution is -0.133. The van der Waals surface area contributed by atoms with Gasteiger partial charge < -0.3 is 9.47 Å². The Bertz CT molecular complexity index is 606. The average molecular weight is 314 g/mol. The maximum atomic E-state index is 12.8. The molecule has 2 aliphatic heterocycles. The normalized spacial score (nSPS) is 27.2. The van der Waals surface area contributed by atoms with Crippen molar-refractivity contribution in [3.8, 4) is 0 Å². The van der Waals surface area contributed by atoms with Crippen molar-refractivity contribution in [3.05, 3.63) is 23.8 Å². The van der Waals surface area contributed by atoms with E-state index in [1.165, 1.54) is 19.3 Å². The van der Waals surface area contributed by atoms with Gasteiger partial charge in [0.15, 0.2) is 5.82 Å². The number of likely N-dealkylation sites (tertiary alicyclic amines) is 1. The van der Waals surface area contributed by atoms with E-state index in [0.29, 0.717) is 18.2 Å². The third-order valence-corrected chi connectivity index (χ3v) is 5.56. The topological polar surface area (TPSA) is 51.0 Å². The zero-order valence-corrected chi connectivity index (χ0v) is 13.8. The zero-order chi connectivity index (χ0) is 15.6. The number of hydrogen-bond acceptors (Lipinski definition) is 3. The summed E-state index contributed by atoms with van der Waals surface area (Å²) in [5, 5.41) is 8.91. The van der Waals surface area contributed by atoms with Gasteiger partial charge in [0, 0.05) is 25.9 Å². The minimum Gasteiger partial charge on any atom is -0.332 e. The summed E-state index contributed by atoms with van der Waals surface area (Å²) in [5.41, 5.74) is 0. The van der Waals surface area contributed by atoms with E-state index in [-0.39, 0.29) is 6.04 Å². The van der Waals surface area contributed by atoms with Crippen molar-refractivity contribution < 1.29 is 4.79 Å². The number of carbonyl (C=O) groups excluding carboxylic acids is 1. The van der Waals surface area contributed by atoms with E-state index in [4.69, 9.17) is 0 Å². The van der Waals surface area contributed by atoms with Crippen molar-refractivity contribution in [1.82, 2.24) is 19.7 Å². The van der Waals surface area contributed by atoms with Gasteiger partial charge in [-0.2, -0.15) is 0 Å². The smallest absolute Gasteiger partial charge is 0.223 e. The minimum atomic E-state index is 0.146. The van der Waals surface area contributed by atoms with Gasteiger partial charge in [0.05, 0.1) is 6.04 Å². The Morgan fingerprint density at radius 2 is 2.09 bits per heavy atom. The first-order valence-corrected chi connectivity index (χ1v) is 9.21. The number of rotatable bonds is 3. The molecule has 0 unspecified atom stereocenters. The Hall–Kier alpha value is -1.65. The minimum absolute atomic E-state index is 0.146. The second-order valence-electron chi connectivity index (χ2n) is 7.15. The van der Waals surface area contributed by atoms with Gasteiger partial charge in [-0.15, -0.1) is 10.2 Å². The Morgan fingerprint density at radius 3 is 2.96 bits per heavy atom. The van der Waals surface area contributed by atoms with Crippen molar-refractivity contribution in [1.29, 1.82) is 0 Å². The molecule has 124 valence electrons. The van der Waals surface area contributed by atoms with Gasteiger partial charge in [-0.05, 0) is 44.4 Å². The van der Waals surface area contributed by atoms with Crippen molar-refractivity contribution in [2.45, 2.75) is 70.4 Å². The molecule has 0 saturated carbocycles. The molecule has 1 saturated heterocycles. The van der Waals surface area contributed by atoms with E-state index in [1.807, 2.05) is 0 Å². The van der Waals surface area contributed by atoms with Gasteiger partial charge in [0.1, 0.15) is 5.82 Å². The summed E-state index contributed by atoms with van der Waals surface area (Å²) in [6, 6.07) is 0.146. The SMILES string of the molecule is O=C(C[C@H]1C=CCC1)N1CCC[C@@H]1c1nnc2n1CCCCC2. The van der Waals surface area contributed by atoms with Crippen LogP contribution in [0, 0.1) is 5.92 Å². The number of amides is 1. The highest BCUT2D eigenvalue weighted by atomic mass is 16.2. The quantitative estimate of drug-likeness (QED) is 0.806. The predicted octanol–water partition coefficient (Wildman–Crippen LogP) is 3.02. The molecule has 2 atom stereocenters. The first-order chi connectivity index (χ1) is 11.3. The molecule has 4 rings (SSSR count). The maximum Gasteiger partial charge on any atom is 0.223 e. The lowest BCUT2D eigenvalue weighted by Gasteiger charge is -2.25. The highest BCUT2D eigenvalue weighted by Crippen LogP contribution is 2.34. The van der Waals surface area contributed by atoms with Crippen LogP contribution in [-0.4, -0.2) is 32.1 Å². The summed E-state index contributed by atoms with van der Waals surface area (Å²) in [6.45, 7) is 1.89. The number of aromatic nitrogens is 3. The summed E-state index contributed by atoms with van der Waals surface area (Å²) < 4.78 is 2.30. The Morgan fingerprint density at radius 1 is 1.13 bits per heavy atom. The van der Waals surface area contributed by atoms with Crippen LogP contribution in [0.5, 0.6) is 0 Å². The number of aryl methyl sites for hydroxylation is 1. The summed E-state index contributed by atoms with van der Waals surface area (Å²) in [7, 11) is 0. The van der Waals surface area contributed by atoms with Crippen LogP contribution in [0.2, 0.25) is 0 Å². The van der Waals surface area contributed by atoms with Gasteiger partial charge >= 0.3 is 0 Å². The van der Waals surface area contributed by atoms with Gasteiger partial charge in [0.25, 0.3) is 0 Å². The summed E-state index contributed by atoms with van der Waals surface area (Å²) >= 11 is 0. The van der Waals surface area contributed by atoms with E-state index in [2.05, 4.69) is 31.8 Å². The fourth-order valence-electron chi connectivity index (χ4n) is 4.29. The molecule has 3 aliphatic rings. The van der Waals surface area contributed by atoms with Crippen LogP contribution >= 0.6 is 0 Å². The lowest BCUT2D eigenvalue weighted by atomic mass is 10.0. The summed E-state index contributed by atoms with van der Waals surface area (Å²) in [5.74, 6) is 2.90. The second kappa shape index (κ2) is 6.46. The fourth-order valence-corrected chi connectivity index (χ4v) is 4.29. The van der Waals surface area contributed by atoms with Crippen LogP contribution in [0.1, 0.15) is 69.1 Å². The lowest BCUT2D eigenvalue weighted by Crippen LogP contribution is -2.33. The Labute approximate surface area is 137 Å². The van der Waals surface area contributed by atoms with Gasteiger partial charge in [-0.25, -0.2) is 0 Å². The molecule has 23 heavy (non-hydrogen) atoms. The average Bonchev–Trinajstić information content (AvgIpc) is 3.26. The first-order valence-electron chi connectivity index (χ1n) is 9.21. The van der Waals surface area contributed by atoms with E-state index in [0.717, 1.165) is 56.8 Å². The number of allylic oxidation sites excluding steroid dienone is 2. The molecule has 1 fully saturated rings. The number of fused-ring (bicyclic) bond motifs is 1. The fraction of sp³-hybridized carbons (Fsp3) is 0.722. The molecule has 5 heteroatoms. The van der Waals surface area contributed by atoms with Crippen molar-refractivity contribution >= 4 is 5.91 Å². The van der Waals surface area contributed by atoms with Crippen LogP contribution in [-0.2, 0) is 17.8 Å². The van der Waals surface area contributed by atoms with Gasteiger partial charge in [0.2, 0.25) is 5.91 Å². The third-order valence-electron chi connectivity index (χ3n) is 5.56. The molecular formula is C18H26N4O. The van der Waals surface area contributed by atoms with Crippen LogP contribution in [0.15, 0.2) is 12.2 Å². The third kappa shape index (κ3) is 2.93. The van der Waals surface area contributed by atoms with Crippen molar-refractivity contribution in [2.24, 2.45) is 5.92 Å². The molecule has 1 aromatic heterocycles. The first kappa shape index (κ1) is 14.9. The predicted molar refractivity (Wildman–Crippen MR) is 87.7 cm³/mol. The maximum absolute atomic E-state index is 12.8. The van der Waals surface area contributed by atoms with Crippen LogP contribution < -0.4 is 0 Å². The number of carbonyl (C=O) groups is 1. The molecule has 5 nitrogen and oxygen atoms in total. The van der Waals surface area contributed by atoms with Crippen LogP contribution in [0.3, 0.4) is 0 Å². The van der Waals surface area contributed by atoms with Crippen molar-refractivity contribution in [3.63, 3.8) is 0 Å². The molecule has 0 bridgehead atoms. The summed E-state index contributed by atoms with van der Waals surface area (Å²) in [6.07, 6.45) is 14.2. The molecule has 1 amide bonds. The highest BCUT2D eigenvalue weighted by Gasteiger charge is 2.34. The molecule has 1 aliphatic carbocycles. The standard InChI is InChI=1S/C18H26N4O/c23-17(13-14-7-3-4-8-14)21-12-6-9-15(21)18-20-19-16-10-2-1-5-11-22(16)18/h3,7,14-15H,1-2,4-6,8-13H2/t14-,15+/m0/s1. The highest BCUT2D eigenvalue weighted by molar-refractivity contribution is 5.77. The Balaban J connectivity index is 1.52. The van der Waals surface area contributed by atoms with Gasteiger partial charge in [-0.3, -0.25) is 4.79 Å². The Kier molecular flexibility index (Phi) is 4.19. The molecule has 0 radical (unpaired) electrons. The molecule has 3 heterocycles. The van der Waals surface area contributed by atoms with E-state index >= 15 is 0 Å². The zero-order valence-electron chi connectivity index (χ0n) is 13.8. The number of nitrogens with zero attached hydrogens (tertiary/aromatic N) is 4. The molecule has 0 aromatic carbocycles. The number of hydrogen-bond donors (Lipinski definition) is 0. The molecule has 0 spiro atoms. The monoisotopic (exact) mass is 314 g/mol. The molecular weight excluding hydrogens is 288 g/mol. The van der Waals surface area contributed by atoms with E-state index in [9.17, 15) is 4.79 Å². The van der Waals surface area contributed by atoms with Gasteiger partial charge in [-0.1, -0.05) is 18.6 Å². The van der Waals surface area contributed by atoms with Crippen molar-refractivity contribution in [2.75, 3.05) is 6.54 Å². The molecule has 0 N–H and O–H groups in total. The summed E-state index contributed by atoms with van der Waals surface area (Å²) in [4.78, 5) is 14.9. The largest absolute Gasteiger partial charge is 0.332 e.